The van der Waals surface area contributed by atoms with E-state index in [2.05, 4.69) is 42.2 Å². The summed E-state index contributed by atoms with van der Waals surface area (Å²) in [5.74, 6) is 5.10. The molecule has 0 spiro atoms. The Bertz CT molecular complexity index is 3330. The Morgan fingerprint density at radius 2 is 1.57 bits per heavy atom. The van der Waals surface area contributed by atoms with Crippen molar-refractivity contribution in [3.8, 4) is 34.6 Å². The van der Waals surface area contributed by atoms with Crippen LogP contribution in [-0.2, 0) is 40.6 Å². The molecule has 4 aromatic carbocycles. The van der Waals surface area contributed by atoms with Gasteiger partial charge < -0.3 is 49.6 Å². The molecule has 9 rings (SSSR count). The fourth-order valence-electron chi connectivity index (χ4n) is 9.52. The number of piperidine rings is 1. The normalized spacial score (nSPS) is 15.8. The lowest BCUT2D eigenvalue weighted by molar-refractivity contribution is -0.286. The number of amides is 4. The van der Waals surface area contributed by atoms with Crippen molar-refractivity contribution in [2.75, 3.05) is 71.1 Å². The van der Waals surface area contributed by atoms with E-state index in [4.69, 9.17) is 19.2 Å². The monoisotopic (exact) mass is 1080 g/mol. The molecule has 412 valence electrons. The van der Waals surface area contributed by atoms with Gasteiger partial charge in [0.1, 0.15) is 12.4 Å². The molecule has 4 N–H and O–H groups in total. The Kier molecular flexibility index (Phi) is 17.4. The number of benzene rings is 4. The highest BCUT2D eigenvalue weighted by Crippen LogP contribution is 2.52. The van der Waals surface area contributed by atoms with Crippen LogP contribution in [0.25, 0.3) is 22.2 Å². The van der Waals surface area contributed by atoms with Crippen LogP contribution in [0.15, 0.2) is 114 Å². The summed E-state index contributed by atoms with van der Waals surface area (Å²) in [6.07, 6.45) is -0.206. The second kappa shape index (κ2) is 24.7. The van der Waals surface area contributed by atoms with Crippen LogP contribution in [0, 0.1) is 18.8 Å². The first-order chi connectivity index (χ1) is 38.1. The molecule has 2 aromatic heterocycles. The zero-order valence-electron chi connectivity index (χ0n) is 43.9. The Labute approximate surface area is 454 Å². The first-order valence-corrected chi connectivity index (χ1v) is 26.2. The number of pyridine rings is 1. The third-order valence-electron chi connectivity index (χ3n) is 14.2. The van der Waals surface area contributed by atoms with Gasteiger partial charge >= 0.3 is 6.29 Å². The number of hydrogen-bond acceptors (Lipinski definition) is 13. The molecule has 3 aliphatic rings. The number of carbonyl (C=O) groups excluding carboxylic acids is 4. The number of carbonyl (C=O) groups is 4. The van der Waals surface area contributed by atoms with Gasteiger partial charge in [0.25, 0.3) is 11.5 Å². The number of halogens is 2. The smallest absolute Gasteiger partial charge is 0.395 e. The summed E-state index contributed by atoms with van der Waals surface area (Å²) >= 11 is 0. The number of ether oxygens (including phenoxy) is 5. The molecule has 79 heavy (non-hydrogen) atoms. The van der Waals surface area contributed by atoms with Gasteiger partial charge in [-0.25, -0.2) is 9.97 Å². The predicted molar refractivity (Wildman–Crippen MR) is 288 cm³/mol. The van der Waals surface area contributed by atoms with Gasteiger partial charge in [0.05, 0.1) is 80.1 Å². The number of alkyl halides is 2. The number of aliphatic hydroxyl groups is 1. The van der Waals surface area contributed by atoms with E-state index in [1.54, 1.807) is 53.4 Å². The van der Waals surface area contributed by atoms with Crippen molar-refractivity contribution < 1.29 is 56.7 Å². The molecule has 0 radical (unpaired) electrons. The van der Waals surface area contributed by atoms with Crippen LogP contribution >= 0.6 is 0 Å². The Balaban J connectivity index is 0.618. The minimum Gasteiger partial charge on any atom is -0.395 e. The second-order valence-corrected chi connectivity index (χ2v) is 20.0. The van der Waals surface area contributed by atoms with Crippen molar-refractivity contribution in [2.24, 2.45) is 0 Å². The third-order valence-corrected chi connectivity index (χ3v) is 14.2. The molecule has 18 nitrogen and oxygen atoms in total. The SMILES string of the molecule is Cc1ccc(NC(=O)C2(c3ccc4c(c3)OC(F)(F)O4)CC2)nc1-c1cccc(C(=O)NCCOCCOCCOCC(=O)NCC#Cc2ccc3c(=O)n(CC4(O)CCN(C(=O)C[C@@H](C)c5ccccc5)CC4)cnc3c2)c1. The maximum Gasteiger partial charge on any atom is 0.586 e. The summed E-state index contributed by atoms with van der Waals surface area (Å²) in [4.78, 5) is 76.3. The lowest BCUT2D eigenvalue weighted by Crippen LogP contribution is -2.49. The summed E-state index contributed by atoms with van der Waals surface area (Å²) in [7, 11) is 0. The molecule has 2 aliphatic heterocycles. The maximum atomic E-state index is 13.6. The van der Waals surface area contributed by atoms with E-state index in [0.29, 0.717) is 89.9 Å². The average molecular weight is 1080 g/mol. The van der Waals surface area contributed by atoms with Crippen molar-refractivity contribution in [2.45, 2.75) is 75.7 Å². The molecule has 1 aliphatic carbocycles. The number of nitrogens with one attached hydrogen (secondary N) is 3. The van der Waals surface area contributed by atoms with Crippen molar-refractivity contribution in [3.05, 3.63) is 148 Å². The van der Waals surface area contributed by atoms with E-state index in [-0.39, 0.29) is 106 Å². The molecular weight excluding hydrogens is 1020 g/mol. The van der Waals surface area contributed by atoms with Crippen molar-refractivity contribution in [1.82, 2.24) is 30.1 Å². The first kappa shape index (κ1) is 55.7. The van der Waals surface area contributed by atoms with Gasteiger partial charge in [-0.1, -0.05) is 73.4 Å². The molecule has 20 heteroatoms. The molecule has 4 heterocycles. The van der Waals surface area contributed by atoms with Crippen LogP contribution in [0.5, 0.6) is 11.5 Å². The molecule has 1 saturated heterocycles. The number of likely N-dealkylation sites (tertiary alicyclic amines) is 1. The zero-order chi connectivity index (χ0) is 55.6. The van der Waals surface area contributed by atoms with Gasteiger partial charge in [0.2, 0.25) is 17.7 Å². The van der Waals surface area contributed by atoms with Crippen LogP contribution in [0.2, 0.25) is 0 Å². The van der Waals surface area contributed by atoms with Crippen molar-refractivity contribution in [3.63, 3.8) is 0 Å². The van der Waals surface area contributed by atoms with Crippen LogP contribution in [0.3, 0.4) is 0 Å². The highest BCUT2D eigenvalue weighted by Gasteiger charge is 2.53. The summed E-state index contributed by atoms with van der Waals surface area (Å²) in [5, 5.41) is 20.2. The number of hydrogen-bond donors (Lipinski definition) is 4. The summed E-state index contributed by atoms with van der Waals surface area (Å²) in [6.45, 7) is 6.12. The second-order valence-electron chi connectivity index (χ2n) is 20.0. The van der Waals surface area contributed by atoms with Gasteiger partial charge in [0.15, 0.2) is 11.5 Å². The quantitative estimate of drug-likeness (QED) is 0.0437. The first-order valence-electron chi connectivity index (χ1n) is 26.2. The van der Waals surface area contributed by atoms with E-state index < -0.39 is 17.3 Å². The standard InChI is InChI=1S/C59H61F2N7O11/c1-39-13-18-50(66-56(73)58(19-20-58)45-15-17-48-49(35-45)79-59(60,61)78-48)65-53(39)43-11-6-12-44(34-43)54(71)63-24-27-75-28-29-76-30-31-77-36-51(69)62-23-7-8-41-14-16-46-47(33-41)64-38-68(55(46)72)37-57(74)21-25-67(26-22-57)52(70)32-40(2)42-9-4-3-5-10-42/h3-6,9-18,33-35,38,40,74H,19-32,36-37H2,1-2H3,(H,62,69)(H,63,71)(H,65,66,73)/t40-/m1/s1. The Morgan fingerprint density at radius 1 is 0.823 bits per heavy atom. The predicted octanol–water partition coefficient (Wildman–Crippen LogP) is 6.25. The van der Waals surface area contributed by atoms with Crippen LogP contribution < -0.4 is 31.0 Å². The number of rotatable bonds is 22. The largest absolute Gasteiger partial charge is 0.586 e. The number of nitrogens with zero attached hydrogens (tertiary/aromatic N) is 4. The summed E-state index contributed by atoms with van der Waals surface area (Å²) in [6, 6.07) is 29.8. The Morgan fingerprint density at radius 3 is 2.34 bits per heavy atom. The third kappa shape index (κ3) is 14.2. The fraction of sp³-hybridized carbons (Fsp3) is 0.373. The molecule has 1 atom stereocenters. The summed E-state index contributed by atoms with van der Waals surface area (Å²) in [5.41, 5.74) is 2.81. The molecule has 4 amide bonds. The molecule has 0 unspecified atom stereocenters. The van der Waals surface area contributed by atoms with E-state index in [0.717, 1.165) is 11.1 Å². The molecular formula is C59H61F2N7O11. The highest BCUT2D eigenvalue weighted by molar-refractivity contribution is 6.01. The van der Waals surface area contributed by atoms with Crippen molar-refractivity contribution in [1.29, 1.82) is 0 Å². The van der Waals surface area contributed by atoms with Crippen LogP contribution in [0.1, 0.15) is 77.6 Å². The minimum absolute atomic E-state index is 0.0509. The van der Waals surface area contributed by atoms with Gasteiger partial charge in [-0.2, -0.15) is 0 Å². The lowest BCUT2D eigenvalue weighted by Gasteiger charge is -2.38. The number of fused-ring (bicyclic) bond motifs is 2. The lowest BCUT2D eigenvalue weighted by atomic mass is 9.90. The van der Waals surface area contributed by atoms with E-state index >= 15 is 0 Å². The summed E-state index contributed by atoms with van der Waals surface area (Å²) < 4.78 is 54.3. The Hall–Kier alpha value is -8.09. The van der Waals surface area contributed by atoms with Gasteiger partial charge in [-0.3, -0.25) is 28.5 Å². The van der Waals surface area contributed by atoms with Crippen LogP contribution in [0.4, 0.5) is 14.6 Å². The fourth-order valence-corrected chi connectivity index (χ4v) is 9.52. The highest BCUT2D eigenvalue weighted by atomic mass is 19.3. The number of aryl methyl sites for hydroxylation is 1. The molecule has 0 bridgehead atoms. The zero-order valence-corrected chi connectivity index (χ0v) is 43.9. The number of aromatic nitrogens is 3. The molecule has 1 saturated carbocycles. The molecule has 2 fully saturated rings. The van der Waals surface area contributed by atoms with Gasteiger partial charge in [-0.15, -0.1) is 8.78 Å². The average Bonchev–Trinajstić information content (AvgIpc) is 4.40. The van der Waals surface area contributed by atoms with E-state index in [9.17, 15) is 37.9 Å². The van der Waals surface area contributed by atoms with Gasteiger partial charge in [0, 0.05) is 42.7 Å². The molecule has 6 aromatic rings. The van der Waals surface area contributed by atoms with Gasteiger partial charge in [-0.05, 0) is 104 Å². The topological polar surface area (TPSA) is 222 Å². The van der Waals surface area contributed by atoms with E-state index in [1.807, 2.05) is 56.3 Å². The minimum atomic E-state index is -3.76. The van der Waals surface area contributed by atoms with E-state index in [1.165, 1.54) is 23.0 Å². The number of anilines is 1. The van der Waals surface area contributed by atoms with Crippen LogP contribution in [-0.4, -0.2) is 126 Å². The maximum absolute atomic E-state index is 13.6. The van der Waals surface area contributed by atoms with Crippen molar-refractivity contribution >= 4 is 40.3 Å².